The van der Waals surface area contributed by atoms with Gasteiger partial charge in [-0.3, -0.25) is 14.6 Å². The van der Waals surface area contributed by atoms with E-state index < -0.39 is 11.6 Å². The first kappa shape index (κ1) is 34.2. The second-order valence-electron chi connectivity index (χ2n) is 13.3. The van der Waals surface area contributed by atoms with Crippen molar-refractivity contribution in [3.05, 3.63) is 52.0 Å². The summed E-state index contributed by atoms with van der Waals surface area (Å²) in [6, 6.07) is 11.6. The third-order valence-electron chi connectivity index (χ3n) is 8.68. The Morgan fingerprint density at radius 3 is 2.45 bits per heavy atom. The molecule has 4 rings (SSSR count). The molecule has 242 valence electrons. The molecule has 0 spiro atoms. The van der Waals surface area contributed by atoms with Crippen molar-refractivity contribution in [1.29, 1.82) is 0 Å². The summed E-state index contributed by atoms with van der Waals surface area (Å²) in [7, 11) is 0. The highest BCUT2D eigenvalue weighted by molar-refractivity contribution is 6.43. The van der Waals surface area contributed by atoms with Crippen LogP contribution in [0, 0.1) is 5.41 Å². The molecule has 44 heavy (non-hydrogen) atoms. The van der Waals surface area contributed by atoms with Crippen molar-refractivity contribution < 1.29 is 19.1 Å². The molecule has 2 heterocycles. The molecule has 2 amide bonds. The van der Waals surface area contributed by atoms with Gasteiger partial charge in [-0.05, 0) is 75.3 Å². The monoisotopic (exact) mass is 646 g/mol. The molecule has 0 saturated carbocycles. The van der Waals surface area contributed by atoms with E-state index in [0.717, 1.165) is 75.3 Å². The van der Waals surface area contributed by atoms with Gasteiger partial charge in [0.25, 0.3) is 0 Å². The van der Waals surface area contributed by atoms with Crippen molar-refractivity contribution in [2.75, 3.05) is 55.9 Å². The van der Waals surface area contributed by atoms with Crippen LogP contribution in [0.3, 0.4) is 0 Å². The number of hydrogen-bond donors (Lipinski definition) is 1. The first-order chi connectivity index (χ1) is 20.9. The predicted octanol–water partition coefficient (Wildman–Crippen LogP) is 7.54. The Hall–Kier alpha value is -2.68. The Kier molecular flexibility index (Phi) is 11.7. The molecule has 2 aliphatic heterocycles. The van der Waals surface area contributed by atoms with E-state index in [2.05, 4.69) is 35.9 Å². The number of ether oxygens (including phenoxy) is 2. The lowest BCUT2D eigenvalue weighted by atomic mass is 9.78. The molecule has 8 nitrogen and oxygen atoms in total. The fourth-order valence-electron chi connectivity index (χ4n) is 6.13. The van der Waals surface area contributed by atoms with Crippen molar-refractivity contribution in [1.82, 2.24) is 10.2 Å². The molecule has 1 N–H and O–H groups in total. The van der Waals surface area contributed by atoms with Crippen LogP contribution in [0.5, 0.6) is 5.75 Å². The van der Waals surface area contributed by atoms with E-state index in [1.807, 2.05) is 50.2 Å². The van der Waals surface area contributed by atoms with Gasteiger partial charge in [0.05, 0.1) is 28.0 Å². The SMILES string of the molecule is CCC(C)(C)CC(C)(C)NC(=O)OCN1C(=O)CCc2ccc(OCCCCN3CCN(c4cccc(Cl)c4Cl)CC3)cc21. The number of fused-ring (bicyclic) bond motifs is 1. The van der Waals surface area contributed by atoms with Crippen molar-refractivity contribution in [3.8, 4) is 5.75 Å². The summed E-state index contributed by atoms with van der Waals surface area (Å²) in [5.41, 5.74) is 2.46. The number of anilines is 2. The molecule has 1 fully saturated rings. The number of nitrogens with one attached hydrogen (secondary N) is 1. The number of carbonyl (C=O) groups is 2. The van der Waals surface area contributed by atoms with E-state index in [1.165, 1.54) is 0 Å². The molecule has 2 aromatic carbocycles. The van der Waals surface area contributed by atoms with Gasteiger partial charge >= 0.3 is 6.09 Å². The number of alkyl carbamates (subject to hydrolysis) is 1. The van der Waals surface area contributed by atoms with Crippen LogP contribution < -0.4 is 19.9 Å². The van der Waals surface area contributed by atoms with Gasteiger partial charge in [-0.25, -0.2) is 4.79 Å². The molecule has 0 aliphatic carbocycles. The fourth-order valence-corrected chi connectivity index (χ4v) is 6.54. The van der Waals surface area contributed by atoms with Gasteiger partial charge in [0, 0.05) is 44.2 Å². The van der Waals surface area contributed by atoms with Crippen LogP contribution in [0.2, 0.25) is 10.0 Å². The average molecular weight is 648 g/mol. The standard InChI is InChI=1S/C34H48Cl2N4O4/c1-6-33(2,3)23-34(4,5)37-32(42)44-24-40-29-22-26(14-12-25(29)13-15-30(40)41)43-21-8-7-16-38-17-19-39(20-18-38)28-11-9-10-27(35)31(28)36/h9-12,14,22H,6-8,13,15-21,23-24H2,1-5H3,(H,37,42). The van der Waals surface area contributed by atoms with E-state index in [1.54, 1.807) is 4.90 Å². The highest BCUT2D eigenvalue weighted by Crippen LogP contribution is 2.34. The van der Waals surface area contributed by atoms with Crippen LogP contribution >= 0.6 is 23.2 Å². The molecular formula is C34H48Cl2N4O4. The maximum atomic E-state index is 12.8. The van der Waals surface area contributed by atoms with Gasteiger partial charge in [-0.15, -0.1) is 0 Å². The molecule has 0 atom stereocenters. The molecule has 2 aromatic rings. The highest BCUT2D eigenvalue weighted by atomic mass is 35.5. The smallest absolute Gasteiger partial charge is 0.409 e. The zero-order valence-electron chi connectivity index (χ0n) is 26.9. The van der Waals surface area contributed by atoms with Crippen molar-refractivity contribution in [2.24, 2.45) is 5.41 Å². The third kappa shape index (κ3) is 9.41. The van der Waals surface area contributed by atoms with Crippen molar-refractivity contribution in [2.45, 2.75) is 78.7 Å². The van der Waals surface area contributed by atoms with Crippen LogP contribution in [-0.4, -0.2) is 68.5 Å². The molecule has 0 unspecified atom stereocenters. The summed E-state index contributed by atoms with van der Waals surface area (Å²) in [6.45, 7) is 15.8. The molecule has 0 aromatic heterocycles. The second-order valence-corrected chi connectivity index (χ2v) is 14.1. The first-order valence-corrected chi connectivity index (χ1v) is 16.6. The summed E-state index contributed by atoms with van der Waals surface area (Å²) in [4.78, 5) is 31.8. The molecule has 10 heteroatoms. The number of rotatable bonds is 13. The van der Waals surface area contributed by atoms with Crippen molar-refractivity contribution in [3.63, 3.8) is 0 Å². The van der Waals surface area contributed by atoms with Crippen LogP contribution in [0.25, 0.3) is 0 Å². The van der Waals surface area contributed by atoms with E-state index in [-0.39, 0.29) is 18.1 Å². The molecule has 0 radical (unpaired) electrons. The van der Waals surface area contributed by atoms with Gasteiger partial charge in [0.2, 0.25) is 5.91 Å². The average Bonchev–Trinajstić information content (AvgIpc) is 2.97. The van der Waals surface area contributed by atoms with Crippen LogP contribution in [0.4, 0.5) is 16.2 Å². The highest BCUT2D eigenvalue weighted by Gasteiger charge is 2.31. The molecular weight excluding hydrogens is 599 g/mol. The van der Waals surface area contributed by atoms with E-state index in [9.17, 15) is 9.59 Å². The van der Waals surface area contributed by atoms with Gasteiger partial charge in [0.1, 0.15) is 5.75 Å². The van der Waals surface area contributed by atoms with Gasteiger partial charge in [-0.1, -0.05) is 62.5 Å². The third-order valence-corrected chi connectivity index (χ3v) is 9.49. The van der Waals surface area contributed by atoms with Crippen LogP contribution in [0.1, 0.15) is 72.3 Å². The number of hydrogen-bond acceptors (Lipinski definition) is 6. The largest absolute Gasteiger partial charge is 0.494 e. The van der Waals surface area contributed by atoms with E-state index in [0.29, 0.717) is 35.2 Å². The van der Waals surface area contributed by atoms with Gasteiger partial charge < -0.3 is 19.7 Å². The van der Waals surface area contributed by atoms with E-state index >= 15 is 0 Å². The van der Waals surface area contributed by atoms with Gasteiger partial charge in [0.15, 0.2) is 6.73 Å². The zero-order valence-corrected chi connectivity index (χ0v) is 28.4. The normalized spacial score (nSPS) is 16.1. The minimum absolute atomic E-state index is 0.0634. The summed E-state index contributed by atoms with van der Waals surface area (Å²) >= 11 is 12.6. The lowest BCUT2D eigenvalue weighted by Gasteiger charge is -2.36. The summed E-state index contributed by atoms with van der Waals surface area (Å²) in [5, 5.41) is 4.19. The fraction of sp³-hybridized carbons (Fsp3) is 0.588. The van der Waals surface area contributed by atoms with E-state index in [4.69, 9.17) is 32.7 Å². The second kappa shape index (κ2) is 15.1. The number of unbranched alkanes of at least 4 members (excludes halogenated alkanes) is 1. The van der Waals surface area contributed by atoms with Gasteiger partial charge in [-0.2, -0.15) is 0 Å². The molecule has 1 saturated heterocycles. The number of aryl methyl sites for hydroxylation is 1. The number of benzene rings is 2. The number of carbonyl (C=O) groups excluding carboxylic acids is 2. The maximum absolute atomic E-state index is 12.8. The summed E-state index contributed by atoms with van der Waals surface area (Å²) in [6.07, 6.45) is 4.30. The topological polar surface area (TPSA) is 74.3 Å². The van der Waals surface area contributed by atoms with Crippen LogP contribution in [0.15, 0.2) is 36.4 Å². The summed E-state index contributed by atoms with van der Waals surface area (Å²) in [5.74, 6) is 0.648. The Morgan fingerprint density at radius 1 is 0.977 bits per heavy atom. The minimum atomic E-state index is -0.524. The first-order valence-electron chi connectivity index (χ1n) is 15.8. The zero-order chi connectivity index (χ0) is 31.9. The summed E-state index contributed by atoms with van der Waals surface area (Å²) < 4.78 is 11.6. The minimum Gasteiger partial charge on any atom is -0.494 e. The number of piperazine rings is 1. The quantitative estimate of drug-likeness (QED) is 0.227. The molecule has 0 bridgehead atoms. The lowest BCUT2D eigenvalue weighted by molar-refractivity contribution is -0.119. The maximum Gasteiger partial charge on any atom is 0.409 e. The number of amides is 2. The Balaban J connectivity index is 1.21. The number of nitrogens with zero attached hydrogens (tertiary/aromatic N) is 3. The molecule has 2 aliphatic rings. The Labute approximate surface area is 272 Å². The Bertz CT molecular complexity index is 1290. The lowest BCUT2D eigenvalue weighted by Crippen LogP contribution is -2.48. The van der Waals surface area contributed by atoms with Crippen LogP contribution in [-0.2, 0) is 16.0 Å². The van der Waals surface area contributed by atoms with Crippen molar-refractivity contribution >= 4 is 46.6 Å². The predicted molar refractivity (Wildman–Crippen MR) is 179 cm³/mol. The number of halogens is 2. The Morgan fingerprint density at radius 2 is 1.73 bits per heavy atom.